The van der Waals surface area contributed by atoms with Crippen molar-refractivity contribution < 1.29 is 32.9 Å². The van der Waals surface area contributed by atoms with Crippen LogP contribution in [0, 0.1) is 0 Å². The van der Waals surface area contributed by atoms with Gasteiger partial charge in [0, 0.05) is 6.42 Å². The molecule has 0 heterocycles. The van der Waals surface area contributed by atoms with Crippen molar-refractivity contribution in [2.45, 2.75) is 219 Å². The zero-order valence-corrected chi connectivity index (χ0v) is 39.4. The monoisotopic (exact) mass is 837 g/mol. The molecule has 340 valence electrons. The molecule has 2 N–H and O–H groups in total. The van der Waals surface area contributed by atoms with Gasteiger partial charge in [-0.3, -0.25) is 9.36 Å². The molecular formula is C49H93N2O6P. The Morgan fingerprint density at radius 2 is 1.00 bits per heavy atom. The quantitative estimate of drug-likeness (QED) is 0.0274. The summed E-state index contributed by atoms with van der Waals surface area (Å²) in [6, 6.07) is -0.888. The second kappa shape index (κ2) is 40.8. The van der Waals surface area contributed by atoms with Gasteiger partial charge in [0.15, 0.2) is 0 Å². The summed E-state index contributed by atoms with van der Waals surface area (Å²) >= 11 is 0. The highest BCUT2D eigenvalue weighted by Crippen LogP contribution is 2.38. The van der Waals surface area contributed by atoms with Gasteiger partial charge in [0.1, 0.15) is 13.2 Å². The number of carbonyl (C=O) groups is 1. The van der Waals surface area contributed by atoms with E-state index in [4.69, 9.17) is 9.05 Å². The molecule has 0 aromatic rings. The van der Waals surface area contributed by atoms with Crippen molar-refractivity contribution in [2.75, 3.05) is 40.9 Å². The molecule has 0 saturated carbocycles. The minimum absolute atomic E-state index is 0.00309. The number of phosphoric ester groups is 1. The Morgan fingerprint density at radius 1 is 0.603 bits per heavy atom. The molecule has 58 heavy (non-hydrogen) atoms. The van der Waals surface area contributed by atoms with Crippen LogP contribution in [0.1, 0.15) is 206 Å². The fourth-order valence-corrected chi connectivity index (χ4v) is 7.41. The number of likely N-dealkylation sites (N-methyl/N-ethyl adjacent to an activating group) is 1. The van der Waals surface area contributed by atoms with Crippen molar-refractivity contribution in [3.05, 3.63) is 48.6 Å². The van der Waals surface area contributed by atoms with Crippen LogP contribution in [0.4, 0.5) is 0 Å². The molecule has 0 aromatic carbocycles. The highest BCUT2D eigenvalue weighted by Gasteiger charge is 2.23. The van der Waals surface area contributed by atoms with Gasteiger partial charge in [0.05, 0.1) is 39.9 Å². The van der Waals surface area contributed by atoms with E-state index in [1.807, 2.05) is 27.2 Å². The SMILES string of the molecule is CCCCCCC/C=C\C/C=C\C/C=C\CCCCCCCCCCCCC(=O)NC(COP(=O)([O-])OCC[N+](C)(C)C)C(O)/C=C/CCCCCCCCCCC. The van der Waals surface area contributed by atoms with Crippen LogP contribution in [-0.2, 0) is 18.4 Å². The van der Waals surface area contributed by atoms with Gasteiger partial charge in [-0.2, -0.15) is 0 Å². The smallest absolute Gasteiger partial charge is 0.268 e. The largest absolute Gasteiger partial charge is 0.756 e. The number of aliphatic hydroxyl groups excluding tert-OH is 1. The second-order valence-corrected chi connectivity index (χ2v) is 18.9. The van der Waals surface area contributed by atoms with Gasteiger partial charge in [0.25, 0.3) is 7.82 Å². The van der Waals surface area contributed by atoms with Crippen molar-refractivity contribution in [2.24, 2.45) is 0 Å². The Balaban J connectivity index is 4.24. The maximum atomic E-state index is 12.9. The normalized spacial score (nSPS) is 14.7. The summed E-state index contributed by atoms with van der Waals surface area (Å²) in [5, 5.41) is 13.8. The first kappa shape index (κ1) is 56.5. The molecule has 0 saturated heterocycles. The molecule has 0 aliphatic heterocycles. The van der Waals surface area contributed by atoms with E-state index in [2.05, 4.69) is 55.6 Å². The molecular weight excluding hydrogens is 744 g/mol. The van der Waals surface area contributed by atoms with E-state index in [0.717, 1.165) is 51.4 Å². The van der Waals surface area contributed by atoms with Crippen molar-refractivity contribution in [1.29, 1.82) is 0 Å². The third-order valence-corrected chi connectivity index (χ3v) is 11.5. The third-order valence-electron chi connectivity index (χ3n) is 10.5. The van der Waals surface area contributed by atoms with Crippen LogP contribution < -0.4 is 10.2 Å². The molecule has 0 spiro atoms. The molecule has 8 nitrogen and oxygen atoms in total. The molecule has 0 rings (SSSR count). The van der Waals surface area contributed by atoms with Crippen LogP contribution in [0.2, 0.25) is 0 Å². The molecule has 0 aromatic heterocycles. The number of nitrogens with zero attached hydrogens (tertiary/aromatic N) is 1. The van der Waals surface area contributed by atoms with Gasteiger partial charge in [-0.1, -0.05) is 191 Å². The number of hydrogen-bond acceptors (Lipinski definition) is 6. The standard InChI is InChI=1S/C49H93N2O6P/c1-6-8-10-12-14-16-18-19-20-21-22-23-24-25-26-27-28-29-30-31-33-35-37-39-41-43-49(53)50-47(46-57-58(54,55)56-45-44-51(3,4)5)48(52)42-40-38-36-34-32-17-15-13-11-9-7-2/h18-19,21-22,24-25,40,42,47-48,52H,6-17,20,23,26-39,41,43-46H2,1-5H3,(H-,50,53,54,55)/b19-18-,22-21-,25-24-,42-40+. The number of nitrogens with one attached hydrogen (secondary N) is 1. The van der Waals surface area contributed by atoms with Crippen molar-refractivity contribution in [1.82, 2.24) is 5.32 Å². The van der Waals surface area contributed by atoms with E-state index < -0.39 is 20.0 Å². The summed E-state index contributed by atoms with van der Waals surface area (Å²) in [6.45, 7) is 4.61. The maximum absolute atomic E-state index is 12.9. The van der Waals surface area contributed by atoms with Crippen molar-refractivity contribution in [3.8, 4) is 0 Å². The Bertz CT molecular complexity index is 1090. The van der Waals surface area contributed by atoms with Gasteiger partial charge >= 0.3 is 0 Å². The topological polar surface area (TPSA) is 108 Å². The van der Waals surface area contributed by atoms with Gasteiger partial charge in [-0.25, -0.2) is 0 Å². The molecule has 1 amide bonds. The van der Waals surface area contributed by atoms with Crippen LogP contribution in [-0.4, -0.2) is 68.5 Å². The number of phosphoric acid groups is 1. The highest BCUT2D eigenvalue weighted by atomic mass is 31.2. The number of amides is 1. The second-order valence-electron chi connectivity index (χ2n) is 17.5. The number of quaternary nitrogens is 1. The Morgan fingerprint density at radius 3 is 1.45 bits per heavy atom. The fourth-order valence-electron chi connectivity index (χ4n) is 6.69. The number of allylic oxidation sites excluding steroid dienone is 7. The molecule has 0 bridgehead atoms. The summed E-state index contributed by atoms with van der Waals surface area (Å²) in [4.78, 5) is 25.3. The predicted molar refractivity (Wildman–Crippen MR) is 247 cm³/mol. The average molecular weight is 837 g/mol. The number of rotatable bonds is 43. The van der Waals surface area contributed by atoms with E-state index in [1.54, 1.807) is 6.08 Å². The van der Waals surface area contributed by atoms with E-state index in [1.165, 1.54) is 135 Å². The molecule has 0 aliphatic carbocycles. The summed E-state index contributed by atoms with van der Waals surface area (Å²) in [7, 11) is 1.25. The van der Waals surface area contributed by atoms with E-state index in [0.29, 0.717) is 17.4 Å². The maximum Gasteiger partial charge on any atom is 0.268 e. The molecule has 0 fully saturated rings. The number of aliphatic hydroxyl groups is 1. The summed E-state index contributed by atoms with van der Waals surface area (Å²) in [5.41, 5.74) is 0. The Labute approximate surface area is 359 Å². The zero-order valence-electron chi connectivity index (χ0n) is 38.5. The number of carbonyl (C=O) groups excluding carboxylic acids is 1. The van der Waals surface area contributed by atoms with Crippen LogP contribution >= 0.6 is 7.82 Å². The number of unbranched alkanes of at least 4 members (excludes halogenated alkanes) is 24. The molecule has 9 heteroatoms. The Kier molecular flexibility index (Phi) is 39.8. The predicted octanol–water partition coefficient (Wildman–Crippen LogP) is 13.0. The Hall–Kier alpha value is -1.54. The summed E-state index contributed by atoms with van der Waals surface area (Å²) in [6.07, 6.45) is 51.6. The third kappa shape index (κ3) is 42.6. The first-order valence-corrected chi connectivity index (χ1v) is 25.5. The lowest BCUT2D eigenvalue weighted by molar-refractivity contribution is -0.870. The minimum Gasteiger partial charge on any atom is -0.756 e. The van der Waals surface area contributed by atoms with Crippen LogP contribution in [0.3, 0.4) is 0 Å². The van der Waals surface area contributed by atoms with E-state index >= 15 is 0 Å². The lowest BCUT2D eigenvalue weighted by atomic mass is 10.0. The first-order chi connectivity index (χ1) is 28.0. The fraction of sp³-hybridized carbons (Fsp3) is 0.816. The van der Waals surface area contributed by atoms with Gasteiger partial charge in [-0.15, -0.1) is 0 Å². The van der Waals surface area contributed by atoms with Crippen molar-refractivity contribution in [3.63, 3.8) is 0 Å². The van der Waals surface area contributed by atoms with Gasteiger partial charge < -0.3 is 28.8 Å². The van der Waals surface area contributed by atoms with Gasteiger partial charge in [-0.05, 0) is 57.8 Å². The van der Waals surface area contributed by atoms with Gasteiger partial charge in [0.2, 0.25) is 5.91 Å². The summed E-state index contributed by atoms with van der Waals surface area (Å²) < 4.78 is 23.2. The zero-order chi connectivity index (χ0) is 42.8. The lowest BCUT2D eigenvalue weighted by Crippen LogP contribution is -2.45. The average Bonchev–Trinajstić information content (AvgIpc) is 3.17. The highest BCUT2D eigenvalue weighted by molar-refractivity contribution is 7.45. The molecule has 0 aliphatic rings. The minimum atomic E-state index is -4.59. The molecule has 3 atom stereocenters. The summed E-state index contributed by atoms with van der Waals surface area (Å²) in [5.74, 6) is -0.204. The van der Waals surface area contributed by atoms with E-state index in [9.17, 15) is 19.4 Å². The van der Waals surface area contributed by atoms with Crippen molar-refractivity contribution >= 4 is 13.7 Å². The first-order valence-electron chi connectivity index (χ1n) is 24.0. The molecule has 3 unspecified atom stereocenters. The van der Waals surface area contributed by atoms with Crippen LogP contribution in [0.5, 0.6) is 0 Å². The lowest BCUT2D eigenvalue weighted by Gasteiger charge is -2.29. The number of hydrogen-bond donors (Lipinski definition) is 2. The van der Waals surface area contributed by atoms with Crippen LogP contribution in [0.15, 0.2) is 48.6 Å². The molecule has 0 radical (unpaired) electrons. The van der Waals surface area contributed by atoms with E-state index in [-0.39, 0.29) is 19.1 Å². The van der Waals surface area contributed by atoms with Crippen LogP contribution in [0.25, 0.3) is 0 Å².